The quantitative estimate of drug-likeness (QED) is 0.819. The Balaban J connectivity index is 2.34. The fourth-order valence-electron chi connectivity index (χ4n) is 1.95. The molecular weight excluding hydrogens is 352 g/mol. The molecule has 2 aromatic rings. The Hall–Kier alpha value is -1.05. The summed E-state index contributed by atoms with van der Waals surface area (Å²) in [6.07, 6.45) is 0. The normalized spacial score (nSPS) is 11.3. The van der Waals surface area contributed by atoms with Gasteiger partial charge < -0.3 is 5.32 Å². The van der Waals surface area contributed by atoms with Crippen molar-refractivity contribution in [2.24, 2.45) is 0 Å². The van der Waals surface area contributed by atoms with Crippen molar-refractivity contribution < 1.29 is 0 Å². The molecule has 0 bridgehead atoms. The number of nitrogens with zero attached hydrogens (tertiary/aromatic N) is 2. The van der Waals surface area contributed by atoms with Gasteiger partial charge in [-0.3, -0.25) is 4.57 Å². The highest BCUT2D eigenvalue weighted by Crippen LogP contribution is 2.31. The molecule has 0 atom stereocenters. The summed E-state index contributed by atoms with van der Waals surface area (Å²) in [5, 5.41) is 10.7. The van der Waals surface area contributed by atoms with Crippen LogP contribution in [0, 0.1) is 0 Å². The Labute approximate surface area is 136 Å². The van der Waals surface area contributed by atoms with Gasteiger partial charge in [-0.25, -0.2) is 9.89 Å². The minimum atomic E-state index is -0.171. The summed E-state index contributed by atoms with van der Waals surface area (Å²) in [5.41, 5.74) is 1.02. The van der Waals surface area contributed by atoms with E-state index in [4.69, 9.17) is 0 Å². The summed E-state index contributed by atoms with van der Waals surface area (Å²) in [6, 6.07) is 6.24. The van der Waals surface area contributed by atoms with Crippen LogP contribution in [0.3, 0.4) is 0 Å². The molecule has 5 nitrogen and oxygen atoms in total. The molecule has 114 valence electrons. The van der Waals surface area contributed by atoms with Gasteiger partial charge in [0.1, 0.15) is 0 Å². The van der Waals surface area contributed by atoms with Gasteiger partial charge in [0.25, 0.3) is 0 Å². The first kappa shape index (κ1) is 16.3. The predicted octanol–water partition coefficient (Wildman–Crippen LogP) is 3.18. The van der Waals surface area contributed by atoms with E-state index in [0.29, 0.717) is 5.16 Å². The van der Waals surface area contributed by atoms with Crippen molar-refractivity contribution in [3.05, 3.63) is 38.7 Å². The minimum absolute atomic E-state index is 0.0723. The van der Waals surface area contributed by atoms with Crippen molar-refractivity contribution in [1.29, 1.82) is 0 Å². The zero-order chi connectivity index (χ0) is 15.4. The van der Waals surface area contributed by atoms with E-state index in [2.05, 4.69) is 50.5 Å². The largest absolute Gasteiger partial charge is 0.344 e. The van der Waals surface area contributed by atoms with Crippen LogP contribution in [-0.4, -0.2) is 21.3 Å². The van der Waals surface area contributed by atoms with Crippen LogP contribution in [0.2, 0.25) is 0 Å². The Morgan fingerprint density at radius 2 is 2.24 bits per heavy atom. The van der Waals surface area contributed by atoms with E-state index in [0.717, 1.165) is 22.5 Å². The molecule has 0 aliphatic carbocycles. The Morgan fingerprint density at radius 3 is 2.90 bits per heavy atom. The van der Waals surface area contributed by atoms with Crippen LogP contribution in [0.15, 0.2) is 37.5 Å². The Morgan fingerprint density at radius 1 is 1.48 bits per heavy atom. The molecule has 7 heteroatoms. The van der Waals surface area contributed by atoms with Gasteiger partial charge in [0.2, 0.25) is 0 Å². The second-order valence-corrected chi connectivity index (χ2v) is 6.83. The number of benzene rings is 1. The van der Waals surface area contributed by atoms with Crippen molar-refractivity contribution in [3.8, 4) is 0 Å². The number of aromatic amines is 1. The van der Waals surface area contributed by atoms with Gasteiger partial charge >= 0.3 is 5.69 Å². The lowest BCUT2D eigenvalue weighted by molar-refractivity contribution is 0.534. The molecule has 0 fully saturated rings. The van der Waals surface area contributed by atoms with E-state index >= 15 is 0 Å². The molecule has 0 saturated carbocycles. The molecule has 0 aliphatic heterocycles. The first-order chi connectivity index (χ1) is 10.0. The average Bonchev–Trinajstić information content (AvgIpc) is 2.79. The summed E-state index contributed by atoms with van der Waals surface area (Å²) < 4.78 is 2.68. The van der Waals surface area contributed by atoms with Gasteiger partial charge in [0.05, 0.1) is 0 Å². The van der Waals surface area contributed by atoms with Crippen LogP contribution in [0.1, 0.15) is 32.4 Å². The number of nitrogens with one attached hydrogen (secondary N) is 2. The van der Waals surface area contributed by atoms with Gasteiger partial charge in [-0.1, -0.05) is 28.9 Å². The van der Waals surface area contributed by atoms with E-state index in [-0.39, 0.29) is 11.7 Å². The third-order valence-electron chi connectivity index (χ3n) is 2.98. The monoisotopic (exact) mass is 370 g/mol. The number of H-pyrrole nitrogens is 1. The molecule has 1 aromatic heterocycles. The summed E-state index contributed by atoms with van der Waals surface area (Å²) in [7, 11) is 0. The maximum absolute atomic E-state index is 11.8. The summed E-state index contributed by atoms with van der Waals surface area (Å²) >= 11 is 5.01. The van der Waals surface area contributed by atoms with Crippen LogP contribution in [0.4, 0.5) is 0 Å². The average molecular weight is 371 g/mol. The number of rotatable bonds is 6. The van der Waals surface area contributed by atoms with Gasteiger partial charge in [0, 0.05) is 22.0 Å². The van der Waals surface area contributed by atoms with Crippen LogP contribution >= 0.6 is 27.7 Å². The van der Waals surface area contributed by atoms with Gasteiger partial charge in [-0.15, -0.1) is 5.10 Å². The molecule has 1 heterocycles. The number of aromatic nitrogens is 3. The fourth-order valence-corrected chi connectivity index (χ4v) is 3.59. The van der Waals surface area contributed by atoms with Crippen molar-refractivity contribution in [2.45, 2.75) is 43.4 Å². The lowest BCUT2D eigenvalue weighted by atomic mass is 10.2. The molecule has 21 heavy (non-hydrogen) atoms. The molecule has 0 radical (unpaired) electrons. The second-order valence-electron chi connectivity index (χ2n) is 4.91. The number of hydrogen-bond acceptors (Lipinski definition) is 4. The first-order valence-electron chi connectivity index (χ1n) is 6.86. The third-order valence-corrected chi connectivity index (χ3v) is 4.55. The van der Waals surface area contributed by atoms with Crippen LogP contribution in [0.5, 0.6) is 0 Å². The topological polar surface area (TPSA) is 62.7 Å². The van der Waals surface area contributed by atoms with Gasteiger partial charge in [-0.2, -0.15) is 0 Å². The molecule has 1 aromatic carbocycles. The predicted molar refractivity (Wildman–Crippen MR) is 88.9 cm³/mol. The SMILES string of the molecule is CCNCc1ccc(Br)cc1Sc1n[nH]c(=O)n1C(C)C. The number of hydrogen-bond donors (Lipinski definition) is 2. The lowest BCUT2D eigenvalue weighted by Crippen LogP contribution is -2.19. The highest BCUT2D eigenvalue weighted by atomic mass is 79.9. The number of halogens is 1. The zero-order valence-corrected chi connectivity index (χ0v) is 14.7. The van der Waals surface area contributed by atoms with Gasteiger partial charge in [-0.05, 0) is 49.9 Å². The molecule has 0 aliphatic rings. The standard InChI is InChI=1S/C14H19BrN4OS/c1-4-16-8-10-5-6-11(15)7-12(10)21-14-18-17-13(20)19(14)9(2)3/h5-7,9,16H,4,8H2,1-3H3,(H,17,20). The Bertz CT molecular complexity index is 665. The van der Waals surface area contributed by atoms with E-state index in [9.17, 15) is 4.79 Å². The summed E-state index contributed by atoms with van der Waals surface area (Å²) in [5.74, 6) is 0. The lowest BCUT2D eigenvalue weighted by Gasteiger charge is -2.12. The molecule has 0 spiro atoms. The van der Waals surface area contributed by atoms with Crippen molar-refractivity contribution in [3.63, 3.8) is 0 Å². The molecule has 2 N–H and O–H groups in total. The molecule has 0 unspecified atom stereocenters. The summed E-state index contributed by atoms with van der Waals surface area (Å²) in [4.78, 5) is 12.9. The maximum Gasteiger partial charge on any atom is 0.344 e. The van der Waals surface area contributed by atoms with E-state index in [1.165, 1.54) is 17.3 Å². The smallest absolute Gasteiger partial charge is 0.313 e. The molecule has 2 rings (SSSR count). The molecular formula is C14H19BrN4OS. The fraction of sp³-hybridized carbons (Fsp3) is 0.429. The van der Waals surface area contributed by atoms with Crippen LogP contribution in [-0.2, 0) is 6.54 Å². The Kier molecular flexibility index (Phi) is 5.66. The third kappa shape index (κ3) is 3.99. The highest BCUT2D eigenvalue weighted by Gasteiger charge is 2.14. The van der Waals surface area contributed by atoms with E-state index in [1.54, 1.807) is 4.57 Å². The molecule has 0 saturated heterocycles. The second kappa shape index (κ2) is 7.29. The molecule has 0 amide bonds. The van der Waals surface area contributed by atoms with Crippen molar-refractivity contribution in [1.82, 2.24) is 20.1 Å². The van der Waals surface area contributed by atoms with Crippen molar-refractivity contribution >= 4 is 27.7 Å². The highest BCUT2D eigenvalue weighted by molar-refractivity contribution is 9.10. The maximum atomic E-state index is 11.8. The van der Waals surface area contributed by atoms with Crippen molar-refractivity contribution in [2.75, 3.05) is 6.54 Å². The van der Waals surface area contributed by atoms with E-state index < -0.39 is 0 Å². The van der Waals surface area contributed by atoms with Crippen LogP contribution in [0.25, 0.3) is 0 Å². The zero-order valence-electron chi connectivity index (χ0n) is 12.3. The summed E-state index contributed by atoms with van der Waals surface area (Å²) in [6.45, 7) is 7.74. The van der Waals surface area contributed by atoms with Gasteiger partial charge in [0.15, 0.2) is 5.16 Å². The van der Waals surface area contributed by atoms with E-state index in [1.807, 2.05) is 19.9 Å². The van der Waals surface area contributed by atoms with Crippen LogP contribution < -0.4 is 11.0 Å². The minimum Gasteiger partial charge on any atom is -0.313 e. The first-order valence-corrected chi connectivity index (χ1v) is 8.47.